The summed E-state index contributed by atoms with van der Waals surface area (Å²) in [5.41, 5.74) is 8.37. The van der Waals surface area contributed by atoms with Crippen molar-refractivity contribution in [2.24, 2.45) is 0 Å². The third-order valence-electron chi connectivity index (χ3n) is 2.54. The van der Waals surface area contributed by atoms with E-state index in [4.69, 9.17) is 10.3 Å². The number of nitrogens with two attached hydrogens (primary N) is 1. The van der Waals surface area contributed by atoms with E-state index < -0.39 is 11.6 Å². The SMILES string of the molecule is Nc1onc(-c2cncs2)c1-c1cc(F)cc(F)c1. The molecule has 0 aliphatic carbocycles. The third kappa shape index (κ3) is 2.08. The predicted molar refractivity (Wildman–Crippen MR) is 67.4 cm³/mol. The molecule has 0 radical (unpaired) electrons. The summed E-state index contributed by atoms with van der Waals surface area (Å²) in [6.45, 7) is 0. The zero-order chi connectivity index (χ0) is 13.4. The molecule has 2 heterocycles. The van der Waals surface area contributed by atoms with Crippen LogP contribution in [0.15, 0.2) is 34.4 Å². The molecule has 0 saturated carbocycles. The van der Waals surface area contributed by atoms with E-state index in [2.05, 4.69) is 10.1 Å². The number of benzene rings is 1. The van der Waals surface area contributed by atoms with E-state index in [9.17, 15) is 8.78 Å². The first-order valence-electron chi connectivity index (χ1n) is 5.25. The van der Waals surface area contributed by atoms with Crippen LogP contribution in [0, 0.1) is 11.6 Å². The summed E-state index contributed by atoms with van der Waals surface area (Å²) in [7, 11) is 0. The van der Waals surface area contributed by atoms with E-state index in [-0.39, 0.29) is 11.4 Å². The van der Waals surface area contributed by atoms with E-state index in [1.165, 1.54) is 23.5 Å². The van der Waals surface area contributed by atoms with Gasteiger partial charge in [0.2, 0.25) is 5.88 Å². The zero-order valence-electron chi connectivity index (χ0n) is 9.43. The molecule has 0 fully saturated rings. The van der Waals surface area contributed by atoms with Crippen LogP contribution >= 0.6 is 11.3 Å². The highest BCUT2D eigenvalue weighted by atomic mass is 32.1. The molecule has 0 spiro atoms. The van der Waals surface area contributed by atoms with Crippen LogP contribution in [-0.2, 0) is 0 Å². The first kappa shape index (κ1) is 11.8. The van der Waals surface area contributed by atoms with E-state index in [1.54, 1.807) is 11.7 Å². The minimum atomic E-state index is -0.689. The highest BCUT2D eigenvalue weighted by molar-refractivity contribution is 7.13. The average Bonchev–Trinajstić information content (AvgIpc) is 2.95. The average molecular weight is 279 g/mol. The second-order valence-electron chi connectivity index (χ2n) is 3.79. The monoisotopic (exact) mass is 279 g/mol. The fraction of sp³-hybridized carbons (Fsp3) is 0. The predicted octanol–water partition coefficient (Wildman–Crippen LogP) is 3.33. The van der Waals surface area contributed by atoms with Gasteiger partial charge in [0.05, 0.1) is 16.0 Å². The Morgan fingerprint density at radius 2 is 1.89 bits per heavy atom. The van der Waals surface area contributed by atoms with Gasteiger partial charge in [-0.15, -0.1) is 11.3 Å². The molecule has 4 nitrogen and oxygen atoms in total. The molecule has 2 aromatic heterocycles. The van der Waals surface area contributed by atoms with Gasteiger partial charge in [0.1, 0.15) is 17.3 Å². The molecule has 96 valence electrons. The van der Waals surface area contributed by atoms with Gasteiger partial charge in [-0.3, -0.25) is 4.98 Å². The maximum atomic E-state index is 13.3. The molecule has 0 atom stereocenters. The van der Waals surface area contributed by atoms with Gasteiger partial charge in [0, 0.05) is 12.3 Å². The van der Waals surface area contributed by atoms with E-state index in [0.717, 1.165) is 6.07 Å². The Labute approximate surface area is 110 Å². The number of nitrogens with zero attached hydrogens (tertiary/aromatic N) is 2. The fourth-order valence-electron chi connectivity index (χ4n) is 1.78. The summed E-state index contributed by atoms with van der Waals surface area (Å²) in [5, 5.41) is 3.82. The number of aromatic nitrogens is 2. The van der Waals surface area contributed by atoms with E-state index in [1.807, 2.05) is 0 Å². The lowest BCUT2D eigenvalue weighted by Crippen LogP contribution is -1.89. The Kier molecular flexibility index (Phi) is 2.75. The summed E-state index contributed by atoms with van der Waals surface area (Å²) >= 11 is 1.33. The molecule has 3 aromatic rings. The van der Waals surface area contributed by atoms with Gasteiger partial charge in [0.15, 0.2) is 0 Å². The number of hydrogen-bond acceptors (Lipinski definition) is 5. The molecule has 7 heteroatoms. The van der Waals surface area contributed by atoms with Gasteiger partial charge in [-0.25, -0.2) is 8.78 Å². The van der Waals surface area contributed by atoms with Crippen molar-refractivity contribution in [1.29, 1.82) is 0 Å². The molecule has 0 saturated heterocycles. The minimum absolute atomic E-state index is 0.00778. The second kappa shape index (κ2) is 4.43. The summed E-state index contributed by atoms with van der Waals surface area (Å²) in [6, 6.07) is 3.15. The van der Waals surface area contributed by atoms with Crippen molar-refractivity contribution < 1.29 is 13.3 Å². The highest BCUT2D eigenvalue weighted by Gasteiger charge is 2.19. The van der Waals surface area contributed by atoms with E-state index >= 15 is 0 Å². The lowest BCUT2D eigenvalue weighted by molar-refractivity contribution is 0.439. The van der Waals surface area contributed by atoms with Crippen molar-refractivity contribution in [2.75, 3.05) is 5.73 Å². The van der Waals surface area contributed by atoms with Crippen LogP contribution in [0.25, 0.3) is 21.7 Å². The van der Waals surface area contributed by atoms with Crippen LogP contribution in [0.3, 0.4) is 0 Å². The highest BCUT2D eigenvalue weighted by Crippen LogP contribution is 2.37. The number of thiazole rings is 1. The molecular formula is C12H7F2N3OS. The maximum absolute atomic E-state index is 13.3. The van der Waals surface area contributed by atoms with Gasteiger partial charge in [0.25, 0.3) is 0 Å². The van der Waals surface area contributed by atoms with Crippen molar-refractivity contribution in [3.8, 4) is 21.7 Å². The van der Waals surface area contributed by atoms with Gasteiger partial charge < -0.3 is 10.3 Å². The maximum Gasteiger partial charge on any atom is 0.230 e. The number of anilines is 1. The normalized spacial score (nSPS) is 10.8. The van der Waals surface area contributed by atoms with Crippen LogP contribution < -0.4 is 5.73 Å². The lowest BCUT2D eigenvalue weighted by Gasteiger charge is -2.01. The van der Waals surface area contributed by atoms with Crippen LogP contribution in [0.1, 0.15) is 0 Å². The molecule has 19 heavy (non-hydrogen) atoms. The van der Waals surface area contributed by atoms with Crippen LogP contribution in [0.4, 0.5) is 14.7 Å². The quantitative estimate of drug-likeness (QED) is 0.781. The van der Waals surface area contributed by atoms with Gasteiger partial charge in [-0.1, -0.05) is 5.16 Å². The number of nitrogen functional groups attached to an aromatic ring is 1. The Balaban J connectivity index is 2.22. The first-order valence-corrected chi connectivity index (χ1v) is 6.13. The molecule has 3 rings (SSSR count). The Bertz CT molecular complexity index is 704. The second-order valence-corrected chi connectivity index (χ2v) is 4.68. The summed E-state index contributed by atoms with van der Waals surface area (Å²) in [4.78, 5) is 4.63. The number of rotatable bonds is 2. The van der Waals surface area contributed by atoms with Crippen LogP contribution in [0.2, 0.25) is 0 Å². The van der Waals surface area contributed by atoms with Crippen molar-refractivity contribution in [2.45, 2.75) is 0 Å². The molecule has 0 aliphatic heterocycles. The molecule has 0 amide bonds. The molecule has 0 aliphatic rings. The lowest BCUT2D eigenvalue weighted by atomic mass is 10.0. The van der Waals surface area contributed by atoms with Crippen molar-refractivity contribution >= 4 is 17.2 Å². The fourth-order valence-corrected chi connectivity index (χ4v) is 2.39. The molecular weight excluding hydrogens is 272 g/mol. The topological polar surface area (TPSA) is 64.9 Å². The molecule has 0 bridgehead atoms. The number of hydrogen-bond donors (Lipinski definition) is 1. The van der Waals surface area contributed by atoms with E-state index in [0.29, 0.717) is 16.1 Å². The standard InChI is InChI=1S/C12H7F2N3OS/c13-7-1-6(2-8(14)3-7)10-11(17-18-12(10)15)9-4-16-5-19-9/h1-5H,15H2. The largest absolute Gasteiger partial charge is 0.367 e. The molecule has 1 aromatic carbocycles. The molecule has 2 N–H and O–H groups in total. The molecule has 0 unspecified atom stereocenters. The Hall–Kier alpha value is -2.28. The Morgan fingerprint density at radius 3 is 2.53 bits per heavy atom. The zero-order valence-corrected chi connectivity index (χ0v) is 10.2. The first-order chi connectivity index (χ1) is 9.15. The summed E-state index contributed by atoms with van der Waals surface area (Å²) in [5.74, 6) is -1.37. The van der Waals surface area contributed by atoms with Crippen LogP contribution in [-0.4, -0.2) is 10.1 Å². The minimum Gasteiger partial charge on any atom is -0.367 e. The number of halogens is 2. The summed E-state index contributed by atoms with van der Waals surface area (Å²) < 4.78 is 31.5. The van der Waals surface area contributed by atoms with Gasteiger partial charge in [-0.2, -0.15) is 0 Å². The van der Waals surface area contributed by atoms with Gasteiger partial charge >= 0.3 is 0 Å². The Morgan fingerprint density at radius 1 is 1.16 bits per heavy atom. The van der Waals surface area contributed by atoms with Crippen molar-refractivity contribution in [3.63, 3.8) is 0 Å². The van der Waals surface area contributed by atoms with Crippen molar-refractivity contribution in [1.82, 2.24) is 10.1 Å². The van der Waals surface area contributed by atoms with Crippen LogP contribution in [0.5, 0.6) is 0 Å². The third-order valence-corrected chi connectivity index (χ3v) is 3.32. The smallest absolute Gasteiger partial charge is 0.230 e. The van der Waals surface area contributed by atoms with Gasteiger partial charge in [-0.05, 0) is 17.7 Å². The summed E-state index contributed by atoms with van der Waals surface area (Å²) in [6.07, 6.45) is 1.58. The van der Waals surface area contributed by atoms with Crippen molar-refractivity contribution in [3.05, 3.63) is 41.5 Å².